The van der Waals surface area contributed by atoms with E-state index in [1.165, 1.54) is 0 Å². The van der Waals surface area contributed by atoms with E-state index in [0.29, 0.717) is 18.0 Å². The molecule has 0 saturated heterocycles. The standard InChI is InChI=1S/C13H22N2O2/c1-9(6-13(3,4)5)7-15-8-10(2)11(16)14-12(15)17/h8-9H,6-7H2,1-5H3,(H,14,16,17)/t9-/m0/s1. The van der Waals surface area contributed by atoms with Crippen molar-refractivity contribution in [2.45, 2.75) is 47.6 Å². The summed E-state index contributed by atoms with van der Waals surface area (Å²) in [4.78, 5) is 25.2. The highest BCUT2D eigenvalue weighted by atomic mass is 16.2. The van der Waals surface area contributed by atoms with Crippen molar-refractivity contribution in [3.05, 3.63) is 32.6 Å². The highest BCUT2D eigenvalue weighted by Gasteiger charge is 2.16. The number of rotatable bonds is 3. The Hall–Kier alpha value is -1.32. The molecular formula is C13H22N2O2. The molecule has 0 aliphatic heterocycles. The van der Waals surface area contributed by atoms with Crippen LogP contribution < -0.4 is 11.2 Å². The van der Waals surface area contributed by atoms with Crippen LogP contribution >= 0.6 is 0 Å². The average Bonchev–Trinajstić information content (AvgIpc) is 2.11. The van der Waals surface area contributed by atoms with Gasteiger partial charge in [0.15, 0.2) is 0 Å². The first-order valence-corrected chi connectivity index (χ1v) is 5.99. The summed E-state index contributed by atoms with van der Waals surface area (Å²) >= 11 is 0. The van der Waals surface area contributed by atoms with Crippen molar-refractivity contribution >= 4 is 0 Å². The molecule has 0 saturated carbocycles. The van der Waals surface area contributed by atoms with Crippen molar-refractivity contribution in [3.8, 4) is 0 Å². The van der Waals surface area contributed by atoms with Crippen LogP contribution in [0.25, 0.3) is 0 Å². The van der Waals surface area contributed by atoms with E-state index < -0.39 is 0 Å². The van der Waals surface area contributed by atoms with Gasteiger partial charge in [-0.15, -0.1) is 0 Å². The van der Waals surface area contributed by atoms with Gasteiger partial charge in [0.1, 0.15) is 0 Å². The Morgan fingerprint density at radius 2 is 1.94 bits per heavy atom. The summed E-state index contributed by atoms with van der Waals surface area (Å²) in [6.07, 6.45) is 2.68. The van der Waals surface area contributed by atoms with Gasteiger partial charge in [0, 0.05) is 18.3 Å². The topological polar surface area (TPSA) is 54.9 Å². The zero-order valence-electron chi connectivity index (χ0n) is 11.3. The monoisotopic (exact) mass is 238 g/mol. The van der Waals surface area contributed by atoms with Crippen LogP contribution in [0.2, 0.25) is 0 Å². The van der Waals surface area contributed by atoms with Gasteiger partial charge in [0.25, 0.3) is 5.56 Å². The van der Waals surface area contributed by atoms with Gasteiger partial charge in [-0.2, -0.15) is 0 Å². The molecule has 0 radical (unpaired) electrons. The molecule has 1 aromatic rings. The van der Waals surface area contributed by atoms with Crippen LogP contribution in [-0.4, -0.2) is 9.55 Å². The molecule has 0 aliphatic carbocycles. The molecule has 96 valence electrons. The van der Waals surface area contributed by atoms with E-state index in [-0.39, 0.29) is 16.7 Å². The molecular weight excluding hydrogens is 216 g/mol. The predicted octanol–water partition coefficient (Wildman–Crippen LogP) is 1.92. The molecule has 4 nitrogen and oxygen atoms in total. The van der Waals surface area contributed by atoms with Gasteiger partial charge in [-0.1, -0.05) is 27.7 Å². The van der Waals surface area contributed by atoms with Crippen molar-refractivity contribution < 1.29 is 0 Å². The molecule has 1 N–H and O–H groups in total. The molecule has 0 unspecified atom stereocenters. The fourth-order valence-electron chi connectivity index (χ4n) is 2.20. The molecule has 0 bridgehead atoms. The molecule has 0 aliphatic rings. The van der Waals surface area contributed by atoms with Crippen molar-refractivity contribution in [3.63, 3.8) is 0 Å². The van der Waals surface area contributed by atoms with Crippen LogP contribution in [0.4, 0.5) is 0 Å². The van der Waals surface area contributed by atoms with Crippen LogP contribution in [0.5, 0.6) is 0 Å². The molecule has 4 heteroatoms. The first kappa shape index (κ1) is 13.7. The molecule has 1 heterocycles. The molecule has 1 aromatic heterocycles. The van der Waals surface area contributed by atoms with Gasteiger partial charge in [0.05, 0.1) is 0 Å². The number of aromatic amines is 1. The summed E-state index contributed by atoms with van der Waals surface area (Å²) in [5.74, 6) is 0.401. The summed E-state index contributed by atoms with van der Waals surface area (Å²) in [6, 6.07) is 0. The summed E-state index contributed by atoms with van der Waals surface area (Å²) in [7, 11) is 0. The van der Waals surface area contributed by atoms with Gasteiger partial charge in [-0.3, -0.25) is 9.78 Å². The highest BCUT2D eigenvalue weighted by molar-refractivity contribution is 5.00. The van der Waals surface area contributed by atoms with Crippen molar-refractivity contribution in [2.75, 3.05) is 0 Å². The van der Waals surface area contributed by atoms with Gasteiger partial charge in [-0.05, 0) is 24.7 Å². The second-order valence-corrected chi connectivity index (χ2v) is 6.09. The molecule has 1 rings (SSSR count). The Morgan fingerprint density at radius 3 is 2.47 bits per heavy atom. The first-order chi connectivity index (χ1) is 7.69. The summed E-state index contributed by atoms with van der Waals surface area (Å²) in [5.41, 5.74) is 0.212. The third-order valence-electron chi connectivity index (χ3n) is 2.66. The van der Waals surface area contributed by atoms with Gasteiger partial charge in [0.2, 0.25) is 0 Å². The van der Waals surface area contributed by atoms with Gasteiger partial charge >= 0.3 is 5.69 Å². The SMILES string of the molecule is Cc1cn(C[C@@H](C)CC(C)(C)C)c(=O)[nH]c1=O. The smallest absolute Gasteiger partial charge is 0.300 e. The van der Waals surface area contributed by atoms with E-state index in [4.69, 9.17) is 0 Å². The fourth-order valence-corrected chi connectivity index (χ4v) is 2.20. The number of nitrogens with one attached hydrogen (secondary N) is 1. The lowest BCUT2D eigenvalue weighted by Gasteiger charge is -2.23. The van der Waals surface area contributed by atoms with Crippen molar-refractivity contribution in [1.82, 2.24) is 9.55 Å². The second-order valence-electron chi connectivity index (χ2n) is 6.09. The Bertz CT molecular complexity index is 491. The van der Waals surface area contributed by atoms with Crippen LogP contribution in [0, 0.1) is 18.3 Å². The van der Waals surface area contributed by atoms with E-state index in [2.05, 4.69) is 32.7 Å². The minimum atomic E-state index is -0.318. The molecule has 0 fully saturated rings. The molecule has 17 heavy (non-hydrogen) atoms. The van der Waals surface area contributed by atoms with Gasteiger partial charge < -0.3 is 4.57 Å². The van der Waals surface area contributed by atoms with Crippen molar-refractivity contribution in [1.29, 1.82) is 0 Å². The Morgan fingerprint density at radius 1 is 1.35 bits per heavy atom. The maximum Gasteiger partial charge on any atom is 0.328 e. The first-order valence-electron chi connectivity index (χ1n) is 5.99. The van der Waals surface area contributed by atoms with Crippen LogP contribution in [-0.2, 0) is 6.54 Å². The quantitative estimate of drug-likeness (QED) is 0.874. The normalized spacial score (nSPS) is 13.7. The number of hydrogen-bond donors (Lipinski definition) is 1. The minimum Gasteiger partial charge on any atom is -0.300 e. The maximum absolute atomic E-state index is 11.6. The second kappa shape index (κ2) is 4.90. The number of H-pyrrole nitrogens is 1. The van der Waals surface area contributed by atoms with E-state index >= 15 is 0 Å². The largest absolute Gasteiger partial charge is 0.328 e. The summed E-state index contributed by atoms with van der Waals surface area (Å²) in [5, 5.41) is 0. The van der Waals surface area contributed by atoms with E-state index in [9.17, 15) is 9.59 Å². The Labute approximate surface area is 102 Å². The van der Waals surface area contributed by atoms with Crippen LogP contribution in [0.1, 0.15) is 39.7 Å². The summed E-state index contributed by atoms with van der Waals surface area (Å²) < 4.78 is 1.59. The van der Waals surface area contributed by atoms with Crippen molar-refractivity contribution in [2.24, 2.45) is 11.3 Å². The average molecular weight is 238 g/mol. The molecule has 0 aromatic carbocycles. The molecule has 0 spiro atoms. The number of nitrogens with zero attached hydrogens (tertiary/aromatic N) is 1. The maximum atomic E-state index is 11.6. The third kappa shape index (κ3) is 4.21. The highest BCUT2D eigenvalue weighted by Crippen LogP contribution is 2.24. The van der Waals surface area contributed by atoms with Crippen LogP contribution in [0.3, 0.4) is 0 Å². The zero-order chi connectivity index (χ0) is 13.2. The lowest BCUT2D eigenvalue weighted by Crippen LogP contribution is -2.32. The molecule has 1 atom stereocenters. The number of hydrogen-bond acceptors (Lipinski definition) is 2. The van der Waals surface area contributed by atoms with E-state index in [1.54, 1.807) is 17.7 Å². The third-order valence-corrected chi connectivity index (χ3v) is 2.66. The van der Waals surface area contributed by atoms with Gasteiger partial charge in [-0.25, -0.2) is 4.79 Å². The zero-order valence-corrected chi connectivity index (χ0v) is 11.3. The predicted molar refractivity (Wildman–Crippen MR) is 69.3 cm³/mol. The summed E-state index contributed by atoms with van der Waals surface area (Å²) in [6.45, 7) is 11.0. The molecule has 0 amide bonds. The number of aryl methyl sites for hydroxylation is 1. The lowest BCUT2D eigenvalue weighted by atomic mass is 9.85. The Balaban J connectivity index is 2.86. The fraction of sp³-hybridized carbons (Fsp3) is 0.692. The number of aromatic nitrogens is 2. The van der Waals surface area contributed by atoms with E-state index in [0.717, 1.165) is 6.42 Å². The Kier molecular flexibility index (Phi) is 3.96. The minimum absolute atomic E-state index is 0.250. The lowest BCUT2D eigenvalue weighted by molar-refractivity contribution is 0.283. The van der Waals surface area contributed by atoms with Crippen LogP contribution in [0.15, 0.2) is 15.8 Å². The van der Waals surface area contributed by atoms with E-state index in [1.807, 2.05) is 0 Å².